The van der Waals surface area contributed by atoms with Gasteiger partial charge in [-0.2, -0.15) is 23.0 Å². The van der Waals surface area contributed by atoms with Crippen LogP contribution in [-0.4, -0.2) is 28.3 Å². The van der Waals surface area contributed by atoms with E-state index >= 15 is 0 Å². The number of esters is 1. The Labute approximate surface area is 198 Å². The molecule has 0 saturated heterocycles. The van der Waals surface area contributed by atoms with Crippen molar-refractivity contribution in [3.63, 3.8) is 0 Å². The molecule has 35 heavy (non-hydrogen) atoms. The average molecular weight is 505 g/mol. The van der Waals surface area contributed by atoms with Gasteiger partial charge >= 0.3 is 12.1 Å². The number of amides is 1. The Hall–Kier alpha value is -4.06. The lowest BCUT2D eigenvalue weighted by Gasteiger charge is -2.12. The van der Waals surface area contributed by atoms with Gasteiger partial charge in [-0.25, -0.2) is 9.18 Å². The van der Waals surface area contributed by atoms with Gasteiger partial charge in [0.05, 0.1) is 28.8 Å². The van der Waals surface area contributed by atoms with Crippen LogP contribution in [0.15, 0.2) is 58.7 Å². The van der Waals surface area contributed by atoms with Crippen LogP contribution in [0, 0.1) is 5.82 Å². The zero-order chi connectivity index (χ0) is 25.3. The molecule has 4 rings (SSSR count). The normalized spacial score (nSPS) is 11.5. The molecule has 1 N–H and O–H groups in total. The molecule has 0 saturated carbocycles. The average Bonchev–Trinajstić information content (AvgIpc) is 3.23. The van der Waals surface area contributed by atoms with E-state index in [9.17, 15) is 31.9 Å². The van der Waals surface area contributed by atoms with E-state index in [1.54, 1.807) is 6.92 Å². The van der Waals surface area contributed by atoms with Gasteiger partial charge in [-0.15, -0.1) is 11.3 Å². The van der Waals surface area contributed by atoms with Gasteiger partial charge < -0.3 is 10.1 Å². The molecule has 0 aliphatic rings. The Bertz CT molecular complexity index is 1510. The number of halogens is 4. The first kappa shape index (κ1) is 24.1. The van der Waals surface area contributed by atoms with Crippen molar-refractivity contribution in [1.82, 2.24) is 9.78 Å². The number of carbonyl (C=O) groups excluding carboxylic acids is 2. The molecular weight excluding hydrogens is 490 g/mol. The topological polar surface area (TPSA) is 90.3 Å². The second-order valence-electron chi connectivity index (χ2n) is 7.12. The summed E-state index contributed by atoms with van der Waals surface area (Å²) in [5.41, 5.74) is -2.90. The molecule has 0 bridgehead atoms. The predicted octanol–water partition coefficient (Wildman–Crippen LogP) is 5.03. The first-order chi connectivity index (χ1) is 16.6. The summed E-state index contributed by atoms with van der Waals surface area (Å²) < 4.78 is 59.7. The number of hydrogen-bond acceptors (Lipinski definition) is 6. The molecule has 0 aliphatic carbocycles. The van der Waals surface area contributed by atoms with Crippen LogP contribution in [-0.2, 0) is 10.9 Å². The zero-order valence-electron chi connectivity index (χ0n) is 17.9. The van der Waals surface area contributed by atoms with Crippen LogP contribution in [0.2, 0.25) is 0 Å². The third kappa shape index (κ3) is 4.64. The van der Waals surface area contributed by atoms with Crippen LogP contribution in [0.4, 0.5) is 22.6 Å². The molecule has 2 heterocycles. The third-order valence-corrected chi connectivity index (χ3v) is 5.77. The number of nitrogens with one attached hydrogen (secondary N) is 1. The molecule has 1 amide bonds. The molecule has 0 spiro atoms. The van der Waals surface area contributed by atoms with Crippen LogP contribution in [0.5, 0.6) is 0 Å². The third-order valence-electron chi connectivity index (χ3n) is 4.88. The minimum Gasteiger partial charge on any atom is -0.461 e. The standard InChI is InChI=1S/C23H15F4N3O4S/c1-2-34-22(33)18-15-11-35-20(28-19(31)14-8-3-4-9-16(14)23(25,26)27)17(15)21(32)30(29-18)13-7-5-6-12(24)10-13/h3-11H,2H2,1H3,(H,28,31). The molecule has 2 aromatic carbocycles. The highest BCUT2D eigenvalue weighted by molar-refractivity contribution is 7.16. The Kier molecular flexibility index (Phi) is 6.39. The summed E-state index contributed by atoms with van der Waals surface area (Å²) in [5, 5.41) is 7.47. The van der Waals surface area contributed by atoms with Gasteiger partial charge in [0.2, 0.25) is 0 Å². The molecular formula is C23H15F4N3O4S. The number of alkyl halides is 3. The van der Waals surface area contributed by atoms with Gasteiger partial charge in [-0.3, -0.25) is 9.59 Å². The Morgan fingerprint density at radius 3 is 2.57 bits per heavy atom. The van der Waals surface area contributed by atoms with Crippen LogP contribution >= 0.6 is 11.3 Å². The summed E-state index contributed by atoms with van der Waals surface area (Å²) in [6.45, 7) is 1.57. The first-order valence-corrected chi connectivity index (χ1v) is 10.9. The summed E-state index contributed by atoms with van der Waals surface area (Å²) in [7, 11) is 0. The maximum absolute atomic E-state index is 13.8. The van der Waals surface area contributed by atoms with E-state index in [4.69, 9.17) is 4.74 Å². The van der Waals surface area contributed by atoms with Gasteiger partial charge in [-0.05, 0) is 37.3 Å². The van der Waals surface area contributed by atoms with Gasteiger partial charge in [0.15, 0.2) is 5.69 Å². The Morgan fingerprint density at radius 2 is 1.89 bits per heavy atom. The van der Waals surface area contributed by atoms with Crippen molar-refractivity contribution in [3.05, 3.63) is 86.9 Å². The highest BCUT2D eigenvalue weighted by Gasteiger charge is 2.35. The van der Waals surface area contributed by atoms with E-state index in [0.29, 0.717) is 0 Å². The summed E-state index contributed by atoms with van der Waals surface area (Å²) in [5.74, 6) is -2.65. The number of rotatable bonds is 5. The lowest BCUT2D eigenvalue weighted by Crippen LogP contribution is -2.26. The Balaban J connectivity index is 1.89. The van der Waals surface area contributed by atoms with Crippen molar-refractivity contribution in [1.29, 1.82) is 0 Å². The fourth-order valence-electron chi connectivity index (χ4n) is 3.37. The quantitative estimate of drug-likeness (QED) is 0.303. The van der Waals surface area contributed by atoms with Crippen molar-refractivity contribution >= 4 is 39.0 Å². The minimum atomic E-state index is -4.78. The second-order valence-corrected chi connectivity index (χ2v) is 8.00. The maximum Gasteiger partial charge on any atom is 0.417 e. The summed E-state index contributed by atoms with van der Waals surface area (Å²) in [6.07, 6.45) is -4.78. The molecule has 0 unspecified atom stereocenters. The predicted molar refractivity (Wildman–Crippen MR) is 121 cm³/mol. The minimum absolute atomic E-state index is 0.00303. The monoisotopic (exact) mass is 505 g/mol. The second kappa shape index (κ2) is 9.29. The zero-order valence-corrected chi connectivity index (χ0v) is 18.7. The van der Waals surface area contributed by atoms with E-state index in [2.05, 4.69) is 10.4 Å². The van der Waals surface area contributed by atoms with Crippen LogP contribution in [0.3, 0.4) is 0 Å². The van der Waals surface area contributed by atoms with E-state index < -0.39 is 40.6 Å². The largest absolute Gasteiger partial charge is 0.461 e. The van der Waals surface area contributed by atoms with Gasteiger partial charge in [0.25, 0.3) is 11.5 Å². The molecule has 12 heteroatoms. The van der Waals surface area contributed by atoms with Gasteiger partial charge in [0, 0.05) is 10.8 Å². The van der Waals surface area contributed by atoms with E-state index in [1.165, 1.54) is 23.6 Å². The molecule has 0 atom stereocenters. The lowest BCUT2D eigenvalue weighted by atomic mass is 10.1. The number of fused-ring (bicyclic) bond motifs is 1. The number of benzene rings is 2. The van der Waals surface area contributed by atoms with Crippen molar-refractivity contribution in [3.8, 4) is 5.69 Å². The number of aromatic nitrogens is 2. The number of ether oxygens (including phenoxy) is 1. The van der Waals surface area contributed by atoms with Crippen LogP contribution in [0.25, 0.3) is 16.5 Å². The van der Waals surface area contributed by atoms with Crippen molar-refractivity contribution in [2.24, 2.45) is 0 Å². The SMILES string of the molecule is CCOC(=O)c1nn(-c2cccc(F)c2)c(=O)c2c(NC(=O)c3ccccc3C(F)(F)F)scc12. The molecule has 180 valence electrons. The van der Waals surface area contributed by atoms with Crippen molar-refractivity contribution < 1.29 is 31.9 Å². The van der Waals surface area contributed by atoms with E-state index in [-0.39, 0.29) is 33.8 Å². The van der Waals surface area contributed by atoms with Crippen LogP contribution in [0.1, 0.15) is 33.3 Å². The smallest absolute Gasteiger partial charge is 0.417 e. The van der Waals surface area contributed by atoms with Crippen molar-refractivity contribution in [2.75, 3.05) is 11.9 Å². The summed E-state index contributed by atoms with van der Waals surface area (Å²) >= 11 is 0.822. The number of carbonyl (C=O) groups is 2. The number of thiophene rings is 1. The van der Waals surface area contributed by atoms with Gasteiger partial charge in [0.1, 0.15) is 10.8 Å². The molecule has 0 fully saturated rings. The molecule has 0 radical (unpaired) electrons. The number of nitrogens with zero attached hydrogens (tertiary/aromatic N) is 2. The van der Waals surface area contributed by atoms with E-state index in [1.807, 2.05) is 0 Å². The fourth-order valence-corrected chi connectivity index (χ4v) is 4.31. The highest BCUT2D eigenvalue weighted by atomic mass is 32.1. The summed E-state index contributed by atoms with van der Waals surface area (Å²) in [4.78, 5) is 38.6. The Morgan fingerprint density at radius 1 is 1.14 bits per heavy atom. The summed E-state index contributed by atoms with van der Waals surface area (Å²) in [6, 6.07) is 9.06. The number of anilines is 1. The van der Waals surface area contributed by atoms with Crippen LogP contribution < -0.4 is 10.9 Å². The highest BCUT2D eigenvalue weighted by Crippen LogP contribution is 2.34. The molecule has 0 aliphatic heterocycles. The van der Waals surface area contributed by atoms with Gasteiger partial charge in [-0.1, -0.05) is 18.2 Å². The molecule has 2 aromatic heterocycles. The molecule has 4 aromatic rings. The first-order valence-electron chi connectivity index (χ1n) is 10.1. The fraction of sp³-hybridized carbons (Fsp3) is 0.130. The number of hydrogen-bond donors (Lipinski definition) is 1. The lowest BCUT2D eigenvalue weighted by molar-refractivity contribution is -0.137. The maximum atomic E-state index is 13.8. The molecule has 7 nitrogen and oxygen atoms in total. The van der Waals surface area contributed by atoms with Crippen molar-refractivity contribution in [2.45, 2.75) is 13.1 Å². The van der Waals surface area contributed by atoms with E-state index in [0.717, 1.165) is 46.4 Å².